The quantitative estimate of drug-likeness (QED) is 0.387. The SMILES string of the molecule is Cc1cc(CNC(=O)c2cc(C(=O)N[C@@H]3CCc4sc(-c5nn[nH]n5)cc43)ncn2)ccc1F. The maximum absolute atomic E-state index is 13.4. The van der Waals surface area contributed by atoms with E-state index in [1.54, 1.807) is 30.4 Å². The molecule has 0 spiro atoms. The third kappa shape index (κ3) is 4.39. The fourth-order valence-electron chi connectivity index (χ4n) is 3.82. The van der Waals surface area contributed by atoms with Gasteiger partial charge in [-0.1, -0.05) is 12.1 Å². The van der Waals surface area contributed by atoms with Gasteiger partial charge in [0.1, 0.15) is 23.5 Å². The highest BCUT2D eigenvalue weighted by molar-refractivity contribution is 7.15. The number of thiophene rings is 1. The number of amides is 2. The van der Waals surface area contributed by atoms with Gasteiger partial charge in [-0.25, -0.2) is 14.4 Å². The van der Waals surface area contributed by atoms with E-state index >= 15 is 0 Å². The smallest absolute Gasteiger partial charge is 0.270 e. The van der Waals surface area contributed by atoms with Crippen molar-refractivity contribution in [3.63, 3.8) is 0 Å². The summed E-state index contributed by atoms with van der Waals surface area (Å²) in [7, 11) is 0. The lowest BCUT2D eigenvalue weighted by Gasteiger charge is -2.13. The number of rotatable bonds is 6. The van der Waals surface area contributed by atoms with Gasteiger partial charge >= 0.3 is 0 Å². The highest BCUT2D eigenvalue weighted by Crippen LogP contribution is 2.40. The van der Waals surface area contributed by atoms with E-state index in [1.165, 1.54) is 23.3 Å². The summed E-state index contributed by atoms with van der Waals surface area (Å²) in [5.41, 5.74) is 2.45. The van der Waals surface area contributed by atoms with Gasteiger partial charge in [-0.3, -0.25) is 9.59 Å². The van der Waals surface area contributed by atoms with Crippen LogP contribution in [0.5, 0.6) is 0 Å². The second kappa shape index (κ2) is 9.06. The number of nitrogens with zero attached hydrogens (tertiary/aromatic N) is 5. The molecule has 5 rings (SSSR count). The number of tetrazole rings is 1. The van der Waals surface area contributed by atoms with Crippen LogP contribution in [0.4, 0.5) is 4.39 Å². The van der Waals surface area contributed by atoms with Crippen LogP contribution >= 0.6 is 11.3 Å². The minimum Gasteiger partial charge on any atom is -0.347 e. The van der Waals surface area contributed by atoms with Crippen LogP contribution < -0.4 is 10.6 Å². The Bertz CT molecular complexity index is 1370. The average Bonchev–Trinajstić information content (AvgIpc) is 3.58. The number of hydrogen-bond acceptors (Lipinski definition) is 8. The van der Waals surface area contributed by atoms with E-state index in [-0.39, 0.29) is 29.8 Å². The van der Waals surface area contributed by atoms with Crippen molar-refractivity contribution in [2.75, 3.05) is 0 Å². The summed E-state index contributed by atoms with van der Waals surface area (Å²) in [6, 6.07) is 7.78. The number of carbonyl (C=O) groups is 2. The van der Waals surface area contributed by atoms with E-state index in [4.69, 9.17) is 0 Å². The molecule has 34 heavy (non-hydrogen) atoms. The van der Waals surface area contributed by atoms with Crippen molar-refractivity contribution in [2.45, 2.75) is 32.4 Å². The molecule has 0 saturated heterocycles. The zero-order chi connectivity index (χ0) is 23.7. The number of nitrogens with one attached hydrogen (secondary N) is 3. The number of fused-ring (bicyclic) bond motifs is 1. The third-order valence-electron chi connectivity index (χ3n) is 5.56. The van der Waals surface area contributed by atoms with Crippen LogP contribution in [-0.2, 0) is 13.0 Å². The van der Waals surface area contributed by atoms with E-state index in [0.717, 1.165) is 28.8 Å². The second-order valence-corrected chi connectivity index (χ2v) is 8.98. The summed E-state index contributed by atoms with van der Waals surface area (Å²) in [6.45, 7) is 1.86. The Labute approximate surface area is 197 Å². The Morgan fingerprint density at radius 3 is 2.76 bits per heavy atom. The van der Waals surface area contributed by atoms with Gasteiger partial charge in [-0.2, -0.15) is 5.21 Å². The van der Waals surface area contributed by atoms with E-state index in [2.05, 4.69) is 41.2 Å². The number of carbonyl (C=O) groups excluding carboxylic acids is 2. The normalized spacial score (nSPS) is 14.6. The van der Waals surface area contributed by atoms with E-state index in [1.807, 2.05) is 6.07 Å². The number of halogens is 1. The number of aromatic amines is 1. The molecule has 0 radical (unpaired) electrons. The summed E-state index contributed by atoms with van der Waals surface area (Å²) in [5, 5.41) is 19.8. The predicted octanol–water partition coefficient (Wildman–Crippen LogP) is 2.51. The Morgan fingerprint density at radius 1 is 1.18 bits per heavy atom. The van der Waals surface area contributed by atoms with Gasteiger partial charge < -0.3 is 10.6 Å². The maximum atomic E-state index is 13.4. The van der Waals surface area contributed by atoms with Gasteiger partial charge in [0.05, 0.1) is 10.9 Å². The first-order valence-corrected chi connectivity index (χ1v) is 11.3. The molecule has 1 aromatic carbocycles. The molecule has 1 aliphatic carbocycles. The first kappa shape index (κ1) is 21.8. The van der Waals surface area contributed by atoms with Crippen LogP contribution in [0.15, 0.2) is 36.7 Å². The summed E-state index contributed by atoms with van der Waals surface area (Å²) in [5.74, 6) is -0.629. The maximum Gasteiger partial charge on any atom is 0.270 e. The molecular formula is C22H19FN8O2S. The Balaban J connectivity index is 1.24. The van der Waals surface area contributed by atoms with Crippen molar-refractivity contribution in [1.29, 1.82) is 0 Å². The number of aromatic nitrogens is 6. The topological polar surface area (TPSA) is 138 Å². The molecule has 2 amide bonds. The zero-order valence-corrected chi connectivity index (χ0v) is 18.8. The molecule has 0 fully saturated rings. The lowest BCUT2D eigenvalue weighted by atomic mass is 10.1. The fraction of sp³-hybridized carbons (Fsp3) is 0.227. The Morgan fingerprint density at radius 2 is 2.00 bits per heavy atom. The van der Waals surface area contributed by atoms with Gasteiger partial charge in [0.2, 0.25) is 5.82 Å². The van der Waals surface area contributed by atoms with Crippen molar-refractivity contribution in [2.24, 2.45) is 0 Å². The predicted molar refractivity (Wildman–Crippen MR) is 120 cm³/mol. The van der Waals surface area contributed by atoms with Crippen LogP contribution in [0.25, 0.3) is 10.7 Å². The highest BCUT2D eigenvalue weighted by atomic mass is 32.1. The summed E-state index contributed by atoms with van der Waals surface area (Å²) >= 11 is 1.58. The molecule has 3 N–H and O–H groups in total. The van der Waals surface area contributed by atoms with Crippen LogP contribution in [0.1, 0.15) is 55.0 Å². The van der Waals surface area contributed by atoms with Crippen LogP contribution in [0, 0.1) is 12.7 Å². The molecule has 0 bridgehead atoms. The standard InChI is InChI=1S/C22H19FN8O2S/c1-11-6-12(2-3-14(11)23)9-24-21(32)16-8-17(26-10-25-16)22(33)27-15-4-5-18-13(15)7-19(34-18)20-28-30-31-29-20/h2-3,6-8,10,15H,4-5,9H2,1H3,(H,24,32)(H,27,33)(H,28,29,30,31)/t15-/m1/s1. The molecule has 0 aliphatic heterocycles. The number of benzene rings is 1. The van der Waals surface area contributed by atoms with Gasteiger partial charge in [0.25, 0.3) is 11.8 Å². The van der Waals surface area contributed by atoms with E-state index in [0.29, 0.717) is 11.4 Å². The van der Waals surface area contributed by atoms with Crippen LogP contribution in [-0.4, -0.2) is 42.4 Å². The van der Waals surface area contributed by atoms with E-state index in [9.17, 15) is 14.0 Å². The minimum atomic E-state index is -0.454. The van der Waals surface area contributed by atoms with Crippen molar-refractivity contribution < 1.29 is 14.0 Å². The van der Waals surface area contributed by atoms with Gasteiger partial charge in [-0.05, 0) is 53.8 Å². The summed E-state index contributed by atoms with van der Waals surface area (Å²) in [6.07, 6.45) is 2.79. The molecule has 0 unspecified atom stereocenters. The average molecular weight is 479 g/mol. The van der Waals surface area contributed by atoms with Crippen molar-refractivity contribution in [1.82, 2.24) is 41.2 Å². The number of hydrogen-bond donors (Lipinski definition) is 3. The van der Waals surface area contributed by atoms with Gasteiger partial charge in [0, 0.05) is 17.5 Å². The highest BCUT2D eigenvalue weighted by Gasteiger charge is 2.28. The van der Waals surface area contributed by atoms with Crippen molar-refractivity contribution in [3.8, 4) is 10.7 Å². The van der Waals surface area contributed by atoms with E-state index < -0.39 is 11.8 Å². The van der Waals surface area contributed by atoms with Crippen LogP contribution in [0.2, 0.25) is 0 Å². The summed E-state index contributed by atoms with van der Waals surface area (Å²) in [4.78, 5) is 35.5. The van der Waals surface area contributed by atoms with Crippen LogP contribution in [0.3, 0.4) is 0 Å². The lowest BCUT2D eigenvalue weighted by molar-refractivity contribution is 0.0931. The molecule has 1 aliphatic rings. The molecule has 3 heterocycles. The Hall–Kier alpha value is -4.06. The number of aryl methyl sites for hydroxylation is 2. The molecule has 4 aromatic rings. The Kier molecular flexibility index (Phi) is 5.80. The molecule has 12 heteroatoms. The fourth-order valence-corrected chi connectivity index (χ4v) is 4.99. The largest absolute Gasteiger partial charge is 0.347 e. The molecule has 172 valence electrons. The van der Waals surface area contributed by atoms with Crippen molar-refractivity contribution >= 4 is 23.2 Å². The molecule has 1 atom stereocenters. The molecule has 10 nitrogen and oxygen atoms in total. The first-order chi connectivity index (χ1) is 16.5. The number of H-pyrrole nitrogens is 1. The third-order valence-corrected chi connectivity index (χ3v) is 6.76. The van der Waals surface area contributed by atoms with Crippen molar-refractivity contribution in [3.05, 3.63) is 75.4 Å². The molecular weight excluding hydrogens is 459 g/mol. The minimum absolute atomic E-state index is 0.0704. The lowest BCUT2D eigenvalue weighted by Crippen LogP contribution is -2.29. The second-order valence-electron chi connectivity index (χ2n) is 7.84. The molecule has 0 saturated carbocycles. The molecule has 3 aromatic heterocycles. The zero-order valence-electron chi connectivity index (χ0n) is 18.0. The summed E-state index contributed by atoms with van der Waals surface area (Å²) < 4.78 is 13.4. The van der Waals surface area contributed by atoms with Gasteiger partial charge in [0.15, 0.2) is 0 Å². The van der Waals surface area contributed by atoms with Gasteiger partial charge in [-0.15, -0.1) is 21.5 Å². The monoisotopic (exact) mass is 478 g/mol. The first-order valence-electron chi connectivity index (χ1n) is 10.5.